The summed E-state index contributed by atoms with van der Waals surface area (Å²) < 4.78 is 14.9. The first-order valence-electron chi connectivity index (χ1n) is 9.09. The molecule has 2 aromatic heterocycles. The number of fused-ring (bicyclic) bond motifs is 1. The second-order valence-corrected chi connectivity index (χ2v) is 7.09. The van der Waals surface area contributed by atoms with E-state index < -0.39 is 12.2 Å². The van der Waals surface area contributed by atoms with Gasteiger partial charge in [-0.3, -0.25) is 19.3 Å². The Labute approximate surface area is 160 Å². The topological polar surface area (TPSA) is 88.9 Å². The Morgan fingerprint density at radius 2 is 2.04 bits per heavy atom. The van der Waals surface area contributed by atoms with Crippen molar-refractivity contribution in [2.45, 2.75) is 24.8 Å². The van der Waals surface area contributed by atoms with Crippen molar-refractivity contribution in [2.24, 2.45) is 7.05 Å². The summed E-state index contributed by atoms with van der Waals surface area (Å²) in [6.07, 6.45) is 3.75. The summed E-state index contributed by atoms with van der Waals surface area (Å²) in [5.41, 5.74) is 1.06. The summed E-state index contributed by atoms with van der Waals surface area (Å²) in [5, 5.41) is 10.5. The van der Waals surface area contributed by atoms with Crippen LogP contribution >= 0.6 is 0 Å². The van der Waals surface area contributed by atoms with Crippen molar-refractivity contribution < 1.29 is 14.0 Å². The van der Waals surface area contributed by atoms with Crippen LogP contribution in [0.15, 0.2) is 42.6 Å². The highest BCUT2D eigenvalue weighted by Crippen LogP contribution is 2.33. The first kappa shape index (κ1) is 18.1. The van der Waals surface area contributed by atoms with Crippen LogP contribution in [0.25, 0.3) is 10.9 Å². The number of amides is 2. The van der Waals surface area contributed by atoms with E-state index in [1.54, 1.807) is 54.3 Å². The van der Waals surface area contributed by atoms with E-state index in [0.717, 1.165) is 6.42 Å². The minimum Gasteiger partial charge on any atom is -0.343 e. The van der Waals surface area contributed by atoms with Crippen LogP contribution < -0.4 is 10.6 Å². The number of hydrogen-bond acceptors (Lipinski definition) is 4. The second kappa shape index (κ2) is 7.03. The lowest BCUT2D eigenvalue weighted by Gasteiger charge is -2.39. The Morgan fingerprint density at radius 1 is 1.21 bits per heavy atom. The molecule has 3 aromatic rings. The summed E-state index contributed by atoms with van der Waals surface area (Å²) in [4.78, 5) is 29.0. The maximum atomic E-state index is 13.3. The van der Waals surface area contributed by atoms with Crippen molar-refractivity contribution in [1.29, 1.82) is 0 Å². The van der Waals surface area contributed by atoms with Crippen LogP contribution in [-0.4, -0.2) is 38.8 Å². The molecule has 2 N–H and O–H groups in total. The fourth-order valence-electron chi connectivity index (χ4n) is 3.39. The third-order valence-electron chi connectivity index (χ3n) is 5.17. The molecule has 0 atom stereocenters. The minimum absolute atomic E-state index is 0.250. The molecule has 0 spiro atoms. The first-order chi connectivity index (χ1) is 13.5. The number of aromatic nitrogens is 3. The highest BCUT2D eigenvalue weighted by Gasteiger charge is 2.39. The zero-order valence-corrected chi connectivity index (χ0v) is 15.4. The van der Waals surface area contributed by atoms with E-state index in [4.69, 9.17) is 0 Å². The number of alkyl halides is 1. The van der Waals surface area contributed by atoms with Gasteiger partial charge in [0.1, 0.15) is 12.4 Å². The molecule has 28 heavy (non-hydrogen) atoms. The molecule has 0 aliphatic heterocycles. The van der Waals surface area contributed by atoms with Gasteiger partial charge in [-0.15, -0.1) is 0 Å². The van der Waals surface area contributed by atoms with Crippen molar-refractivity contribution in [3.8, 4) is 0 Å². The predicted octanol–water partition coefficient (Wildman–Crippen LogP) is 2.84. The molecule has 0 saturated heterocycles. The van der Waals surface area contributed by atoms with Crippen molar-refractivity contribution in [3.63, 3.8) is 0 Å². The molecule has 8 heteroatoms. The monoisotopic (exact) mass is 381 g/mol. The lowest BCUT2D eigenvalue weighted by molar-refractivity contribution is 0.0769. The lowest BCUT2D eigenvalue weighted by atomic mass is 9.78. The van der Waals surface area contributed by atoms with Crippen LogP contribution in [0.2, 0.25) is 0 Å². The van der Waals surface area contributed by atoms with Gasteiger partial charge in [0.05, 0.1) is 11.1 Å². The molecule has 144 valence electrons. The molecule has 4 rings (SSSR count). The Bertz CT molecular complexity index is 1040. The normalized spacial score (nSPS) is 15.1. The summed E-state index contributed by atoms with van der Waals surface area (Å²) in [6.45, 7) is -0.576. The molecule has 7 nitrogen and oxygen atoms in total. The number of carbonyl (C=O) groups is 2. The average molecular weight is 381 g/mol. The molecule has 0 unspecified atom stereocenters. The molecule has 1 aliphatic rings. The van der Waals surface area contributed by atoms with Crippen molar-refractivity contribution >= 4 is 28.4 Å². The number of anilines is 1. The van der Waals surface area contributed by atoms with Crippen LogP contribution in [0.4, 0.5) is 10.1 Å². The summed E-state index contributed by atoms with van der Waals surface area (Å²) >= 11 is 0. The van der Waals surface area contributed by atoms with Gasteiger partial charge < -0.3 is 10.6 Å². The van der Waals surface area contributed by atoms with E-state index in [1.807, 2.05) is 0 Å². The number of benzene rings is 1. The van der Waals surface area contributed by atoms with Gasteiger partial charge in [0.25, 0.3) is 11.8 Å². The lowest BCUT2D eigenvalue weighted by Crippen LogP contribution is -2.55. The number of hydrogen-bond donors (Lipinski definition) is 2. The number of carbonyl (C=O) groups excluding carboxylic acids is 2. The van der Waals surface area contributed by atoms with E-state index in [1.165, 1.54) is 0 Å². The maximum absolute atomic E-state index is 13.3. The number of nitrogens with zero attached hydrogens (tertiary/aromatic N) is 3. The van der Waals surface area contributed by atoms with Gasteiger partial charge in [-0.05, 0) is 49.6 Å². The Kier molecular flexibility index (Phi) is 4.54. The molecule has 0 radical (unpaired) electrons. The fraction of sp³-hybridized carbons (Fsp3) is 0.300. The minimum atomic E-state index is -0.752. The molecule has 1 aromatic carbocycles. The van der Waals surface area contributed by atoms with Gasteiger partial charge in [0, 0.05) is 24.3 Å². The summed E-state index contributed by atoms with van der Waals surface area (Å²) in [6, 6.07) is 10.3. The van der Waals surface area contributed by atoms with Crippen LogP contribution in [-0.2, 0) is 7.05 Å². The third kappa shape index (κ3) is 3.21. The molecule has 0 bridgehead atoms. The number of nitrogens with one attached hydrogen (secondary N) is 2. The zero-order valence-electron chi connectivity index (χ0n) is 15.4. The maximum Gasteiger partial charge on any atom is 0.274 e. The highest BCUT2D eigenvalue weighted by atomic mass is 19.1. The molecular formula is C20H20FN5O2. The van der Waals surface area contributed by atoms with Crippen LogP contribution in [0.1, 0.15) is 40.2 Å². The van der Waals surface area contributed by atoms with Crippen molar-refractivity contribution in [2.75, 3.05) is 12.0 Å². The van der Waals surface area contributed by atoms with Crippen LogP contribution in [0, 0.1) is 0 Å². The quantitative estimate of drug-likeness (QED) is 0.711. The summed E-state index contributed by atoms with van der Waals surface area (Å²) in [7, 11) is 1.72. The van der Waals surface area contributed by atoms with Crippen LogP contribution in [0.3, 0.4) is 0 Å². The number of rotatable bonds is 5. The van der Waals surface area contributed by atoms with Crippen molar-refractivity contribution in [3.05, 3.63) is 54.0 Å². The Morgan fingerprint density at radius 3 is 2.68 bits per heavy atom. The van der Waals surface area contributed by atoms with Crippen LogP contribution in [0.5, 0.6) is 0 Å². The van der Waals surface area contributed by atoms with Gasteiger partial charge >= 0.3 is 0 Å². The molecule has 1 aliphatic carbocycles. The smallest absolute Gasteiger partial charge is 0.274 e. The van der Waals surface area contributed by atoms with Gasteiger partial charge in [-0.2, -0.15) is 5.10 Å². The van der Waals surface area contributed by atoms with E-state index in [2.05, 4.69) is 20.7 Å². The largest absolute Gasteiger partial charge is 0.343 e. The van der Waals surface area contributed by atoms with Gasteiger partial charge in [-0.25, -0.2) is 4.39 Å². The number of halogens is 1. The van der Waals surface area contributed by atoms with Crippen molar-refractivity contribution in [1.82, 2.24) is 20.1 Å². The summed E-state index contributed by atoms with van der Waals surface area (Å²) in [5.74, 6) is -0.705. The van der Waals surface area contributed by atoms with Gasteiger partial charge in [0.15, 0.2) is 5.69 Å². The van der Waals surface area contributed by atoms with Gasteiger partial charge in [-0.1, -0.05) is 6.07 Å². The fourth-order valence-corrected chi connectivity index (χ4v) is 3.39. The first-order valence-corrected chi connectivity index (χ1v) is 9.09. The Balaban J connectivity index is 1.58. The average Bonchev–Trinajstić information content (AvgIpc) is 3.01. The second-order valence-electron chi connectivity index (χ2n) is 7.09. The molecular weight excluding hydrogens is 361 g/mol. The highest BCUT2D eigenvalue weighted by molar-refractivity contribution is 6.07. The molecule has 1 fully saturated rings. The third-order valence-corrected chi connectivity index (χ3v) is 5.17. The molecule has 2 amide bonds. The number of pyridine rings is 1. The van der Waals surface area contributed by atoms with Gasteiger partial charge in [0.2, 0.25) is 0 Å². The van der Waals surface area contributed by atoms with E-state index in [9.17, 15) is 14.0 Å². The van der Waals surface area contributed by atoms with E-state index >= 15 is 0 Å². The molecule has 2 heterocycles. The predicted molar refractivity (Wildman–Crippen MR) is 103 cm³/mol. The molecule has 1 saturated carbocycles. The number of aryl methyl sites for hydroxylation is 1. The zero-order chi connectivity index (χ0) is 19.7. The van der Waals surface area contributed by atoms with E-state index in [0.29, 0.717) is 35.1 Å². The SMILES string of the molecule is Cn1nc(C(=O)NC2(CF)CCC2)c2ccc(NC(=O)c3ccccn3)cc21. The Hall–Kier alpha value is -3.29. The van der Waals surface area contributed by atoms with E-state index in [-0.39, 0.29) is 17.5 Å². The standard InChI is InChI=1S/C20H20FN5O2/c1-26-16-11-13(23-18(27)15-5-2-3-10-22-15)6-7-14(16)17(25-26)19(28)24-20(12-21)8-4-9-20/h2-3,5-7,10-11H,4,8-9,12H2,1H3,(H,23,27)(H,24,28).